The van der Waals surface area contributed by atoms with Gasteiger partial charge < -0.3 is 9.84 Å². The number of aromatic nitrogens is 2. The normalized spacial score (nSPS) is 20.4. The van der Waals surface area contributed by atoms with Crippen molar-refractivity contribution in [1.29, 1.82) is 0 Å². The lowest BCUT2D eigenvalue weighted by Crippen LogP contribution is -2.29. The molecule has 0 radical (unpaired) electrons. The van der Waals surface area contributed by atoms with Crippen molar-refractivity contribution < 1.29 is 23.1 Å². The van der Waals surface area contributed by atoms with E-state index in [2.05, 4.69) is 5.10 Å². The zero-order valence-electron chi connectivity index (χ0n) is 11.1. The summed E-state index contributed by atoms with van der Waals surface area (Å²) in [5, 5.41) is 12.5. The van der Waals surface area contributed by atoms with Gasteiger partial charge in [-0.05, 0) is 6.42 Å². The van der Waals surface area contributed by atoms with Gasteiger partial charge in [0, 0.05) is 26.4 Å². The summed E-state index contributed by atoms with van der Waals surface area (Å²) in [6.07, 6.45) is 3.10. The Labute approximate surface area is 117 Å². The molecule has 2 rings (SSSR count). The summed E-state index contributed by atoms with van der Waals surface area (Å²) in [4.78, 5) is 10.6. The predicted octanol–water partition coefficient (Wildman–Crippen LogP) is -0.233. The summed E-state index contributed by atoms with van der Waals surface area (Å²) in [7, 11) is -2.02. The van der Waals surface area contributed by atoms with E-state index < -0.39 is 16.0 Å². The van der Waals surface area contributed by atoms with E-state index in [-0.39, 0.29) is 24.0 Å². The first-order valence-corrected chi connectivity index (χ1v) is 7.64. The van der Waals surface area contributed by atoms with Gasteiger partial charge in [0.05, 0.1) is 25.3 Å². The monoisotopic (exact) mass is 303 g/mol. The highest BCUT2D eigenvalue weighted by molar-refractivity contribution is 7.89. The van der Waals surface area contributed by atoms with Crippen LogP contribution in [0.5, 0.6) is 0 Å². The number of sulfonamides is 1. The van der Waals surface area contributed by atoms with E-state index in [9.17, 15) is 13.2 Å². The van der Waals surface area contributed by atoms with E-state index in [0.717, 1.165) is 0 Å². The number of carboxylic acids is 1. The Morgan fingerprint density at radius 1 is 1.60 bits per heavy atom. The van der Waals surface area contributed by atoms with Gasteiger partial charge in [0.25, 0.3) is 0 Å². The van der Waals surface area contributed by atoms with E-state index in [4.69, 9.17) is 9.84 Å². The standard InChI is InChI=1S/C11H17N3O5S/c1-19-9-2-5-14(7-9)20(17,18)10-6-12-13(8-10)4-3-11(15)16/h6,8-9H,2-5,7H2,1H3,(H,15,16). The van der Waals surface area contributed by atoms with E-state index in [0.29, 0.717) is 19.5 Å². The zero-order valence-corrected chi connectivity index (χ0v) is 11.9. The second-order valence-corrected chi connectivity index (χ2v) is 6.53. The largest absolute Gasteiger partial charge is 0.481 e. The van der Waals surface area contributed by atoms with Gasteiger partial charge in [0.15, 0.2) is 0 Å². The van der Waals surface area contributed by atoms with Crippen LogP contribution in [0.15, 0.2) is 17.3 Å². The maximum atomic E-state index is 12.3. The summed E-state index contributed by atoms with van der Waals surface area (Å²) in [6.45, 7) is 0.895. The third-order valence-electron chi connectivity index (χ3n) is 3.24. The van der Waals surface area contributed by atoms with Crippen LogP contribution in [0.1, 0.15) is 12.8 Å². The molecule has 1 N–H and O–H groups in total. The molecule has 1 atom stereocenters. The van der Waals surface area contributed by atoms with E-state index in [1.54, 1.807) is 7.11 Å². The molecule has 1 aromatic rings. The van der Waals surface area contributed by atoms with Crippen molar-refractivity contribution in [1.82, 2.24) is 14.1 Å². The number of carboxylic acid groups (broad SMARTS) is 1. The highest BCUT2D eigenvalue weighted by Crippen LogP contribution is 2.21. The predicted molar refractivity (Wildman–Crippen MR) is 68.7 cm³/mol. The smallest absolute Gasteiger partial charge is 0.305 e. The van der Waals surface area contributed by atoms with Gasteiger partial charge in [-0.3, -0.25) is 9.48 Å². The maximum Gasteiger partial charge on any atom is 0.305 e. The van der Waals surface area contributed by atoms with Crippen LogP contribution in [-0.2, 0) is 26.1 Å². The Bertz CT molecular complexity index is 583. The molecule has 1 unspecified atom stereocenters. The molecule has 9 heteroatoms. The molecule has 20 heavy (non-hydrogen) atoms. The molecule has 0 amide bonds. The third kappa shape index (κ3) is 3.17. The van der Waals surface area contributed by atoms with Crippen molar-refractivity contribution in [2.75, 3.05) is 20.2 Å². The van der Waals surface area contributed by atoms with Crippen molar-refractivity contribution >= 4 is 16.0 Å². The molecular formula is C11H17N3O5S. The minimum Gasteiger partial charge on any atom is -0.481 e. The molecule has 1 aliphatic heterocycles. The molecule has 1 aromatic heterocycles. The highest BCUT2D eigenvalue weighted by Gasteiger charge is 2.33. The minimum absolute atomic E-state index is 0.0770. The number of carbonyl (C=O) groups is 1. The van der Waals surface area contributed by atoms with Crippen LogP contribution in [0.25, 0.3) is 0 Å². The fourth-order valence-corrected chi connectivity index (χ4v) is 3.51. The van der Waals surface area contributed by atoms with Crippen LogP contribution in [-0.4, -0.2) is 59.9 Å². The van der Waals surface area contributed by atoms with Gasteiger partial charge >= 0.3 is 5.97 Å². The van der Waals surface area contributed by atoms with Gasteiger partial charge in [-0.15, -0.1) is 0 Å². The zero-order chi connectivity index (χ0) is 14.8. The van der Waals surface area contributed by atoms with E-state index in [1.807, 2.05) is 0 Å². The summed E-state index contributed by atoms with van der Waals surface area (Å²) >= 11 is 0. The first-order valence-electron chi connectivity index (χ1n) is 6.20. The molecule has 112 valence electrons. The van der Waals surface area contributed by atoms with Crippen LogP contribution in [0, 0.1) is 0 Å². The van der Waals surface area contributed by atoms with Gasteiger partial charge in [0.2, 0.25) is 10.0 Å². The molecule has 1 saturated heterocycles. The van der Waals surface area contributed by atoms with Crippen LogP contribution < -0.4 is 0 Å². The van der Waals surface area contributed by atoms with Crippen LogP contribution >= 0.6 is 0 Å². The van der Waals surface area contributed by atoms with Crippen LogP contribution in [0.4, 0.5) is 0 Å². The molecule has 0 aliphatic carbocycles. The molecule has 0 spiro atoms. The second kappa shape index (κ2) is 5.90. The third-order valence-corrected chi connectivity index (χ3v) is 5.06. The number of aliphatic carboxylic acids is 1. The number of ether oxygens (including phenoxy) is 1. The lowest BCUT2D eigenvalue weighted by molar-refractivity contribution is -0.137. The van der Waals surface area contributed by atoms with Gasteiger partial charge in [0.1, 0.15) is 4.90 Å². The van der Waals surface area contributed by atoms with Crippen molar-refractivity contribution in [2.45, 2.75) is 30.4 Å². The number of hydrogen-bond donors (Lipinski definition) is 1. The highest BCUT2D eigenvalue weighted by atomic mass is 32.2. The lowest BCUT2D eigenvalue weighted by atomic mass is 10.3. The molecular weight excluding hydrogens is 286 g/mol. The lowest BCUT2D eigenvalue weighted by Gasteiger charge is -2.14. The van der Waals surface area contributed by atoms with Crippen LogP contribution in [0.3, 0.4) is 0 Å². The van der Waals surface area contributed by atoms with Crippen molar-refractivity contribution in [3.63, 3.8) is 0 Å². The number of rotatable bonds is 6. The number of aryl methyl sites for hydroxylation is 1. The van der Waals surface area contributed by atoms with Crippen molar-refractivity contribution in [3.8, 4) is 0 Å². The fourth-order valence-electron chi connectivity index (χ4n) is 2.07. The van der Waals surface area contributed by atoms with Gasteiger partial charge in [-0.1, -0.05) is 0 Å². The molecule has 2 heterocycles. The minimum atomic E-state index is -3.58. The topological polar surface area (TPSA) is 102 Å². The number of methoxy groups -OCH3 is 1. The fraction of sp³-hybridized carbons (Fsp3) is 0.636. The SMILES string of the molecule is COC1CCN(S(=O)(=O)c2cnn(CCC(=O)O)c2)C1. The average Bonchev–Trinajstić information content (AvgIpc) is 3.05. The van der Waals surface area contributed by atoms with Crippen molar-refractivity contribution in [2.24, 2.45) is 0 Å². The molecule has 0 saturated carbocycles. The summed E-state index contributed by atoms with van der Waals surface area (Å²) < 4.78 is 32.5. The molecule has 1 aliphatic rings. The Hall–Kier alpha value is -1.45. The number of nitrogens with zero attached hydrogens (tertiary/aromatic N) is 3. The molecule has 1 fully saturated rings. The summed E-state index contributed by atoms with van der Waals surface area (Å²) in [6, 6.07) is 0. The van der Waals surface area contributed by atoms with E-state index in [1.165, 1.54) is 21.4 Å². The first-order chi connectivity index (χ1) is 9.43. The molecule has 0 aromatic carbocycles. The maximum absolute atomic E-state index is 12.3. The van der Waals surface area contributed by atoms with Crippen LogP contribution in [0.2, 0.25) is 0 Å². The Kier molecular flexibility index (Phi) is 4.41. The van der Waals surface area contributed by atoms with E-state index >= 15 is 0 Å². The first kappa shape index (κ1) is 14.9. The van der Waals surface area contributed by atoms with Gasteiger partial charge in [-0.2, -0.15) is 9.40 Å². The second-order valence-electron chi connectivity index (χ2n) is 4.59. The summed E-state index contributed by atoms with van der Waals surface area (Å²) in [5.74, 6) is -0.951. The van der Waals surface area contributed by atoms with Gasteiger partial charge in [-0.25, -0.2) is 8.42 Å². The summed E-state index contributed by atoms with van der Waals surface area (Å²) in [5.41, 5.74) is 0. The Morgan fingerprint density at radius 2 is 2.35 bits per heavy atom. The average molecular weight is 303 g/mol. The molecule has 0 bridgehead atoms. The Balaban J connectivity index is 2.08. The number of hydrogen-bond acceptors (Lipinski definition) is 5. The molecule has 8 nitrogen and oxygen atoms in total. The Morgan fingerprint density at radius 3 is 2.95 bits per heavy atom. The van der Waals surface area contributed by atoms with Crippen molar-refractivity contribution in [3.05, 3.63) is 12.4 Å². The quantitative estimate of drug-likeness (QED) is 0.778.